The number of rotatable bonds is 5. The molecule has 0 aromatic rings. The summed E-state index contributed by atoms with van der Waals surface area (Å²) in [6, 6.07) is 0. The first-order valence-electron chi connectivity index (χ1n) is 6.08. The Kier molecular flexibility index (Phi) is 5.24. The van der Waals surface area contributed by atoms with E-state index in [0.717, 1.165) is 44.0 Å². The van der Waals surface area contributed by atoms with E-state index < -0.39 is 0 Å². The highest BCUT2D eigenvalue weighted by atomic mass is 16.1. The quantitative estimate of drug-likeness (QED) is 0.499. The SMILES string of the molecule is C=C(CCC=C(C)C)C1CC=C(C=O)CC1. The minimum absolute atomic E-state index is 0.592. The van der Waals surface area contributed by atoms with Gasteiger partial charge in [-0.1, -0.05) is 29.9 Å². The summed E-state index contributed by atoms with van der Waals surface area (Å²) < 4.78 is 0. The summed E-state index contributed by atoms with van der Waals surface area (Å²) in [5, 5.41) is 0. The van der Waals surface area contributed by atoms with Crippen LogP contribution in [0.2, 0.25) is 0 Å². The van der Waals surface area contributed by atoms with Gasteiger partial charge in [0.2, 0.25) is 0 Å². The summed E-state index contributed by atoms with van der Waals surface area (Å²) in [5.41, 5.74) is 3.69. The second kappa shape index (κ2) is 6.47. The van der Waals surface area contributed by atoms with Gasteiger partial charge < -0.3 is 0 Å². The monoisotopic (exact) mass is 218 g/mol. The molecule has 1 nitrogen and oxygen atoms in total. The van der Waals surface area contributed by atoms with Gasteiger partial charge in [0.1, 0.15) is 6.29 Å². The molecule has 0 bridgehead atoms. The summed E-state index contributed by atoms with van der Waals surface area (Å²) in [7, 11) is 0. The average Bonchev–Trinajstić information content (AvgIpc) is 2.28. The molecule has 0 aromatic carbocycles. The maximum Gasteiger partial charge on any atom is 0.145 e. The van der Waals surface area contributed by atoms with Crippen molar-refractivity contribution in [2.75, 3.05) is 0 Å². The molecule has 1 aliphatic rings. The van der Waals surface area contributed by atoms with Crippen LogP contribution in [0.25, 0.3) is 0 Å². The van der Waals surface area contributed by atoms with Gasteiger partial charge in [0.15, 0.2) is 0 Å². The Balaban J connectivity index is 2.36. The lowest BCUT2D eigenvalue weighted by atomic mass is 9.83. The van der Waals surface area contributed by atoms with Gasteiger partial charge in [0.05, 0.1) is 0 Å². The molecule has 0 saturated carbocycles. The molecule has 0 spiro atoms. The fraction of sp³-hybridized carbons (Fsp3) is 0.533. The molecule has 0 radical (unpaired) electrons. The predicted octanol–water partition coefficient (Wildman–Crippen LogP) is 4.21. The van der Waals surface area contributed by atoms with Crippen LogP contribution in [0.4, 0.5) is 0 Å². The Hall–Kier alpha value is -1.11. The Morgan fingerprint density at radius 1 is 1.56 bits per heavy atom. The minimum Gasteiger partial charge on any atom is -0.298 e. The zero-order valence-electron chi connectivity index (χ0n) is 10.5. The van der Waals surface area contributed by atoms with Gasteiger partial charge in [-0.25, -0.2) is 0 Å². The van der Waals surface area contributed by atoms with Gasteiger partial charge in [-0.15, -0.1) is 0 Å². The highest BCUT2D eigenvalue weighted by molar-refractivity contribution is 5.73. The van der Waals surface area contributed by atoms with Crippen molar-refractivity contribution in [1.29, 1.82) is 0 Å². The second-order valence-corrected chi connectivity index (χ2v) is 4.85. The lowest BCUT2D eigenvalue weighted by Gasteiger charge is -2.21. The summed E-state index contributed by atoms with van der Waals surface area (Å²) in [6.45, 7) is 8.43. The molecular weight excluding hydrogens is 196 g/mol. The standard InChI is InChI=1S/C15H22O/c1-12(2)5-4-6-13(3)15-9-7-14(11-16)8-10-15/h5,7,11,15H,3-4,6,8-10H2,1-2H3. The van der Waals surface area contributed by atoms with Crippen LogP contribution in [0, 0.1) is 5.92 Å². The minimum atomic E-state index is 0.592. The van der Waals surface area contributed by atoms with Crippen LogP contribution < -0.4 is 0 Å². The summed E-state index contributed by atoms with van der Waals surface area (Å²) in [6.07, 6.45) is 10.5. The van der Waals surface area contributed by atoms with E-state index in [9.17, 15) is 4.79 Å². The van der Waals surface area contributed by atoms with Crippen LogP contribution in [0.5, 0.6) is 0 Å². The molecule has 0 aromatic heterocycles. The third-order valence-corrected chi connectivity index (χ3v) is 3.19. The van der Waals surface area contributed by atoms with Gasteiger partial charge in [-0.3, -0.25) is 4.79 Å². The molecule has 0 heterocycles. The molecule has 1 atom stereocenters. The maximum atomic E-state index is 10.6. The van der Waals surface area contributed by atoms with Crippen molar-refractivity contribution in [3.8, 4) is 0 Å². The summed E-state index contributed by atoms with van der Waals surface area (Å²) in [4.78, 5) is 10.6. The fourth-order valence-electron chi connectivity index (χ4n) is 2.08. The third kappa shape index (κ3) is 4.18. The van der Waals surface area contributed by atoms with Gasteiger partial charge >= 0.3 is 0 Å². The molecular formula is C15H22O. The zero-order chi connectivity index (χ0) is 12.0. The first-order valence-corrected chi connectivity index (χ1v) is 6.08. The maximum absolute atomic E-state index is 10.6. The summed E-state index contributed by atoms with van der Waals surface area (Å²) in [5.74, 6) is 0.592. The zero-order valence-corrected chi connectivity index (χ0v) is 10.5. The average molecular weight is 218 g/mol. The molecule has 16 heavy (non-hydrogen) atoms. The van der Waals surface area contributed by atoms with E-state index >= 15 is 0 Å². The number of aldehydes is 1. The van der Waals surface area contributed by atoms with E-state index in [4.69, 9.17) is 0 Å². The van der Waals surface area contributed by atoms with Gasteiger partial charge in [-0.2, -0.15) is 0 Å². The molecule has 0 fully saturated rings. The van der Waals surface area contributed by atoms with Crippen molar-refractivity contribution in [2.45, 2.75) is 46.0 Å². The number of carbonyl (C=O) groups excluding carboxylic acids is 1. The van der Waals surface area contributed by atoms with E-state index in [1.54, 1.807) is 0 Å². The van der Waals surface area contributed by atoms with Crippen molar-refractivity contribution in [3.63, 3.8) is 0 Å². The Bertz CT molecular complexity index is 316. The first-order chi connectivity index (χ1) is 7.63. The van der Waals surface area contributed by atoms with E-state index in [-0.39, 0.29) is 0 Å². The molecule has 0 N–H and O–H groups in total. The van der Waals surface area contributed by atoms with Crippen LogP contribution in [0.1, 0.15) is 46.0 Å². The smallest absolute Gasteiger partial charge is 0.145 e. The highest BCUT2D eigenvalue weighted by Crippen LogP contribution is 2.29. The lowest BCUT2D eigenvalue weighted by molar-refractivity contribution is -0.105. The van der Waals surface area contributed by atoms with E-state index in [2.05, 4.69) is 32.6 Å². The Labute approximate surface area is 98.9 Å². The van der Waals surface area contributed by atoms with Crippen LogP contribution >= 0.6 is 0 Å². The van der Waals surface area contributed by atoms with E-state index in [1.807, 2.05) is 0 Å². The van der Waals surface area contributed by atoms with Crippen LogP contribution in [0.15, 0.2) is 35.5 Å². The van der Waals surface area contributed by atoms with Gasteiger partial charge in [-0.05, 0) is 57.4 Å². The van der Waals surface area contributed by atoms with Gasteiger partial charge in [0.25, 0.3) is 0 Å². The number of allylic oxidation sites excluding steroid dienone is 5. The van der Waals surface area contributed by atoms with Crippen molar-refractivity contribution in [3.05, 3.63) is 35.5 Å². The summed E-state index contributed by atoms with van der Waals surface area (Å²) >= 11 is 0. The van der Waals surface area contributed by atoms with Crippen LogP contribution in [-0.4, -0.2) is 6.29 Å². The predicted molar refractivity (Wildman–Crippen MR) is 69.3 cm³/mol. The molecule has 1 aliphatic carbocycles. The number of carbonyl (C=O) groups is 1. The largest absolute Gasteiger partial charge is 0.298 e. The Morgan fingerprint density at radius 3 is 2.81 bits per heavy atom. The molecule has 88 valence electrons. The molecule has 1 unspecified atom stereocenters. The number of hydrogen-bond donors (Lipinski definition) is 0. The topological polar surface area (TPSA) is 17.1 Å². The first kappa shape index (κ1) is 13.0. The molecule has 0 amide bonds. The van der Waals surface area contributed by atoms with Crippen LogP contribution in [-0.2, 0) is 4.79 Å². The highest BCUT2D eigenvalue weighted by Gasteiger charge is 2.16. The number of hydrogen-bond acceptors (Lipinski definition) is 1. The fourth-order valence-corrected chi connectivity index (χ4v) is 2.08. The molecule has 1 rings (SSSR count). The van der Waals surface area contributed by atoms with Crippen molar-refractivity contribution < 1.29 is 4.79 Å². The molecule has 0 saturated heterocycles. The van der Waals surface area contributed by atoms with E-state index in [0.29, 0.717) is 5.92 Å². The lowest BCUT2D eigenvalue weighted by Crippen LogP contribution is -2.08. The van der Waals surface area contributed by atoms with E-state index in [1.165, 1.54) is 11.1 Å². The second-order valence-electron chi connectivity index (χ2n) is 4.85. The third-order valence-electron chi connectivity index (χ3n) is 3.19. The molecule has 1 heteroatoms. The molecule has 0 aliphatic heterocycles. The van der Waals surface area contributed by atoms with Crippen LogP contribution in [0.3, 0.4) is 0 Å². The van der Waals surface area contributed by atoms with Crippen molar-refractivity contribution >= 4 is 6.29 Å². The van der Waals surface area contributed by atoms with Crippen molar-refractivity contribution in [2.24, 2.45) is 5.92 Å². The van der Waals surface area contributed by atoms with Gasteiger partial charge in [0, 0.05) is 0 Å². The van der Waals surface area contributed by atoms with Crippen molar-refractivity contribution in [1.82, 2.24) is 0 Å². The Morgan fingerprint density at radius 2 is 2.31 bits per heavy atom. The normalized spacial score (nSPS) is 19.9.